The summed E-state index contributed by atoms with van der Waals surface area (Å²) in [6.07, 6.45) is 1.81. The second-order valence-electron chi connectivity index (χ2n) is 4.66. The number of phenols is 1. The maximum atomic E-state index is 12.3. The van der Waals surface area contributed by atoms with E-state index in [2.05, 4.69) is 0 Å². The van der Waals surface area contributed by atoms with E-state index in [0.717, 1.165) is 12.8 Å². The number of nitrogens with two attached hydrogens (primary N) is 1. The Kier molecular flexibility index (Phi) is 4.27. The molecular weight excluding hydrogens is 284 g/mol. The minimum atomic E-state index is -0.108. The Balaban J connectivity index is 2.14. The predicted molar refractivity (Wildman–Crippen MR) is 78.5 cm³/mol. The highest BCUT2D eigenvalue weighted by Gasteiger charge is 2.26. The van der Waals surface area contributed by atoms with Gasteiger partial charge in [-0.25, -0.2) is 0 Å². The van der Waals surface area contributed by atoms with Crippen molar-refractivity contribution in [2.24, 2.45) is 11.7 Å². The number of likely N-dealkylation sites (tertiary alicyclic amines) is 1. The van der Waals surface area contributed by atoms with E-state index in [4.69, 9.17) is 29.6 Å². The van der Waals surface area contributed by atoms with Gasteiger partial charge in [0.1, 0.15) is 5.75 Å². The zero-order valence-corrected chi connectivity index (χ0v) is 11.9. The highest BCUT2D eigenvalue weighted by Crippen LogP contribution is 2.25. The number of rotatable bonds is 2. The Hall–Kier alpha value is -1.33. The van der Waals surface area contributed by atoms with Crippen molar-refractivity contribution in [3.8, 4) is 5.75 Å². The normalized spacial score (nSPS) is 19.2. The molecule has 6 heteroatoms. The van der Waals surface area contributed by atoms with Crippen LogP contribution >= 0.6 is 23.8 Å². The first-order valence-corrected chi connectivity index (χ1v) is 6.84. The van der Waals surface area contributed by atoms with Gasteiger partial charge in [0.05, 0.1) is 10.0 Å². The standard InChI is InChI=1S/C13H15ClN2O2S/c14-10-6-8(3-4-11(10)17)13(18)16-5-1-2-9(7-16)12(15)19/h3-4,6,9,17H,1-2,5,7H2,(H2,15,19). The zero-order chi connectivity index (χ0) is 14.0. The quantitative estimate of drug-likeness (QED) is 0.821. The monoisotopic (exact) mass is 298 g/mol. The van der Waals surface area contributed by atoms with Gasteiger partial charge < -0.3 is 15.7 Å². The summed E-state index contributed by atoms with van der Waals surface area (Å²) in [5, 5.41) is 9.53. The van der Waals surface area contributed by atoms with Crippen molar-refractivity contribution in [1.29, 1.82) is 0 Å². The molecule has 1 unspecified atom stereocenters. The number of hydrogen-bond acceptors (Lipinski definition) is 3. The van der Waals surface area contributed by atoms with Gasteiger partial charge in [0.15, 0.2) is 0 Å². The summed E-state index contributed by atoms with van der Waals surface area (Å²) in [7, 11) is 0. The second kappa shape index (κ2) is 5.75. The lowest BCUT2D eigenvalue weighted by Crippen LogP contribution is -2.43. The van der Waals surface area contributed by atoms with Crippen LogP contribution in [0.15, 0.2) is 18.2 Å². The predicted octanol–water partition coefficient (Wildman–Crippen LogP) is 2.18. The molecular formula is C13H15ClN2O2S. The van der Waals surface area contributed by atoms with Crippen LogP contribution in [0, 0.1) is 5.92 Å². The van der Waals surface area contributed by atoms with E-state index in [1.54, 1.807) is 11.0 Å². The van der Waals surface area contributed by atoms with Crippen molar-refractivity contribution in [3.05, 3.63) is 28.8 Å². The molecule has 0 saturated carbocycles. The first-order valence-electron chi connectivity index (χ1n) is 6.06. The molecule has 0 radical (unpaired) electrons. The Morgan fingerprint density at radius 1 is 1.53 bits per heavy atom. The molecule has 1 heterocycles. The molecule has 1 amide bonds. The molecule has 1 fully saturated rings. The van der Waals surface area contributed by atoms with E-state index in [0.29, 0.717) is 23.6 Å². The van der Waals surface area contributed by atoms with Gasteiger partial charge in [-0.3, -0.25) is 4.79 Å². The molecule has 1 aliphatic rings. The maximum absolute atomic E-state index is 12.3. The van der Waals surface area contributed by atoms with Crippen LogP contribution < -0.4 is 5.73 Å². The van der Waals surface area contributed by atoms with Crippen LogP contribution in [0.2, 0.25) is 5.02 Å². The van der Waals surface area contributed by atoms with Crippen LogP contribution in [0.4, 0.5) is 0 Å². The van der Waals surface area contributed by atoms with Gasteiger partial charge in [-0.05, 0) is 31.0 Å². The van der Waals surface area contributed by atoms with E-state index < -0.39 is 0 Å². The topological polar surface area (TPSA) is 66.6 Å². The highest BCUT2D eigenvalue weighted by molar-refractivity contribution is 7.80. The third-order valence-electron chi connectivity index (χ3n) is 3.31. The molecule has 1 aliphatic heterocycles. The van der Waals surface area contributed by atoms with Crippen molar-refractivity contribution in [2.75, 3.05) is 13.1 Å². The molecule has 1 aromatic carbocycles. The summed E-state index contributed by atoms with van der Waals surface area (Å²) >= 11 is 10.8. The van der Waals surface area contributed by atoms with E-state index in [-0.39, 0.29) is 22.6 Å². The van der Waals surface area contributed by atoms with E-state index in [1.165, 1.54) is 12.1 Å². The van der Waals surface area contributed by atoms with Crippen molar-refractivity contribution in [3.63, 3.8) is 0 Å². The minimum absolute atomic E-state index is 0.0297. The lowest BCUT2D eigenvalue weighted by molar-refractivity contribution is 0.0703. The van der Waals surface area contributed by atoms with E-state index in [1.807, 2.05) is 0 Å². The Morgan fingerprint density at radius 3 is 2.89 bits per heavy atom. The maximum Gasteiger partial charge on any atom is 0.253 e. The molecule has 1 saturated heterocycles. The molecule has 4 nitrogen and oxygen atoms in total. The van der Waals surface area contributed by atoms with Gasteiger partial charge in [0.25, 0.3) is 5.91 Å². The molecule has 2 rings (SSSR count). The third kappa shape index (κ3) is 3.16. The Morgan fingerprint density at radius 2 is 2.26 bits per heavy atom. The average molecular weight is 299 g/mol. The lowest BCUT2D eigenvalue weighted by atomic mass is 9.97. The van der Waals surface area contributed by atoms with Crippen molar-refractivity contribution >= 4 is 34.7 Å². The third-order valence-corrected chi connectivity index (χ3v) is 3.94. The first-order chi connectivity index (χ1) is 8.99. The average Bonchev–Trinajstić information content (AvgIpc) is 2.41. The van der Waals surface area contributed by atoms with Gasteiger partial charge in [0, 0.05) is 24.6 Å². The number of carbonyl (C=O) groups excluding carboxylic acids is 1. The van der Waals surface area contributed by atoms with Crippen LogP contribution in [0.1, 0.15) is 23.2 Å². The second-order valence-corrected chi connectivity index (χ2v) is 5.54. The van der Waals surface area contributed by atoms with Crippen LogP contribution in [0.25, 0.3) is 0 Å². The van der Waals surface area contributed by atoms with Gasteiger partial charge in [-0.1, -0.05) is 23.8 Å². The lowest BCUT2D eigenvalue weighted by Gasteiger charge is -2.32. The number of carbonyl (C=O) groups is 1. The Labute approximate surface area is 122 Å². The van der Waals surface area contributed by atoms with Gasteiger partial charge in [-0.2, -0.15) is 0 Å². The molecule has 3 N–H and O–H groups in total. The van der Waals surface area contributed by atoms with Crippen LogP contribution in [0.3, 0.4) is 0 Å². The number of piperidine rings is 1. The number of amides is 1. The van der Waals surface area contributed by atoms with Crippen LogP contribution in [-0.4, -0.2) is 34.0 Å². The van der Waals surface area contributed by atoms with E-state index in [9.17, 15) is 9.90 Å². The summed E-state index contributed by atoms with van der Waals surface area (Å²) in [6, 6.07) is 4.46. The molecule has 19 heavy (non-hydrogen) atoms. The molecule has 1 atom stereocenters. The summed E-state index contributed by atoms with van der Waals surface area (Å²) in [4.78, 5) is 14.5. The van der Waals surface area contributed by atoms with Gasteiger partial charge in [-0.15, -0.1) is 0 Å². The summed E-state index contributed by atoms with van der Waals surface area (Å²) in [5.74, 6) is -0.0546. The largest absolute Gasteiger partial charge is 0.506 e. The number of benzene rings is 1. The molecule has 1 aromatic rings. The SMILES string of the molecule is NC(=S)C1CCCN(C(=O)c2ccc(O)c(Cl)c2)C1. The number of thiocarbonyl (C=S) groups is 1. The summed E-state index contributed by atoms with van der Waals surface area (Å²) in [5.41, 5.74) is 6.12. The van der Waals surface area contributed by atoms with Crippen molar-refractivity contribution < 1.29 is 9.90 Å². The van der Waals surface area contributed by atoms with Crippen LogP contribution in [0.5, 0.6) is 5.75 Å². The van der Waals surface area contributed by atoms with Gasteiger partial charge in [0.2, 0.25) is 0 Å². The van der Waals surface area contributed by atoms with E-state index >= 15 is 0 Å². The van der Waals surface area contributed by atoms with Gasteiger partial charge >= 0.3 is 0 Å². The molecule has 0 aliphatic carbocycles. The number of hydrogen-bond donors (Lipinski definition) is 2. The number of nitrogens with zero attached hydrogens (tertiary/aromatic N) is 1. The molecule has 0 bridgehead atoms. The minimum Gasteiger partial charge on any atom is -0.506 e. The fraction of sp³-hybridized carbons (Fsp3) is 0.385. The van der Waals surface area contributed by atoms with Crippen molar-refractivity contribution in [2.45, 2.75) is 12.8 Å². The number of halogens is 1. The smallest absolute Gasteiger partial charge is 0.253 e. The fourth-order valence-corrected chi connectivity index (χ4v) is 2.59. The molecule has 0 aromatic heterocycles. The highest BCUT2D eigenvalue weighted by atomic mass is 35.5. The number of aromatic hydroxyl groups is 1. The zero-order valence-electron chi connectivity index (χ0n) is 10.3. The Bertz CT molecular complexity index is 521. The fourth-order valence-electron chi connectivity index (χ4n) is 2.22. The van der Waals surface area contributed by atoms with Crippen molar-refractivity contribution in [1.82, 2.24) is 4.90 Å². The summed E-state index contributed by atoms with van der Waals surface area (Å²) in [6.45, 7) is 1.24. The number of phenolic OH excluding ortho intramolecular Hbond substituents is 1. The first kappa shape index (κ1) is 14.1. The molecule has 102 valence electrons. The van der Waals surface area contributed by atoms with Crippen LogP contribution in [-0.2, 0) is 0 Å². The molecule has 0 spiro atoms. The summed E-state index contributed by atoms with van der Waals surface area (Å²) < 4.78 is 0.